The molecule has 3 heterocycles. The van der Waals surface area contributed by atoms with E-state index in [1.165, 1.54) is 4.57 Å². The van der Waals surface area contributed by atoms with E-state index in [4.69, 9.17) is 25.6 Å². The molecule has 0 radical (unpaired) electrons. The van der Waals surface area contributed by atoms with Gasteiger partial charge in [0.2, 0.25) is 5.91 Å². The number of methoxy groups -OCH3 is 1. The maximum Gasteiger partial charge on any atom is 0.550 e. The molecule has 5 atom stereocenters. The number of carbonyl (C=O) groups is 1. The van der Waals surface area contributed by atoms with Gasteiger partial charge in [-0.1, -0.05) is 43.7 Å². The minimum absolute atomic E-state index is 0.102. The molecule has 2 aliphatic heterocycles. The molecule has 1 saturated heterocycles. The summed E-state index contributed by atoms with van der Waals surface area (Å²) in [6, 6.07) is 6.77. The van der Waals surface area contributed by atoms with Crippen molar-refractivity contribution >= 4 is 30.4 Å². The van der Waals surface area contributed by atoms with E-state index in [-0.39, 0.29) is 27.9 Å². The lowest BCUT2D eigenvalue weighted by molar-refractivity contribution is -0.125. The van der Waals surface area contributed by atoms with Gasteiger partial charge in [0, 0.05) is 6.54 Å². The van der Waals surface area contributed by atoms with E-state index in [1.54, 1.807) is 13.2 Å². The Kier molecular flexibility index (Phi) is 6.97. The summed E-state index contributed by atoms with van der Waals surface area (Å²) in [7, 11) is 0.959. The van der Waals surface area contributed by atoms with Crippen LogP contribution in [-0.2, 0) is 27.1 Å². The van der Waals surface area contributed by atoms with Crippen LogP contribution in [0.25, 0.3) is 0 Å². The second-order valence-electron chi connectivity index (χ2n) is 12.2. The number of anilines is 1. The van der Waals surface area contributed by atoms with Gasteiger partial charge in [-0.25, -0.2) is 4.98 Å². The lowest BCUT2D eigenvalue weighted by atomic mass is 9.46. The standard InChI is InChI=1S/C30H36BClN4O5/c1-6-7-24(31-40-23-15-18-14-22(29(18,2)3)30(23,4)41-31)34-27(37)21-13-12-20-25(32)35-26(28(38)36(20)21)33-16-17-8-10-19(39-5)11-9-17/h6,8-11,15,18,21-22,24H,1,7,12-14,16H2,2-5H3,(H,33,35)(H,34,37)/t18?,21-,22?,24-,30?/m0/s1. The third-order valence-corrected chi connectivity index (χ3v) is 9.88. The van der Waals surface area contributed by atoms with Crippen molar-refractivity contribution in [3.8, 4) is 5.75 Å². The number of hydrogen-bond donors (Lipinski definition) is 2. The fraction of sp³-hybridized carbons (Fsp3) is 0.500. The average Bonchev–Trinajstić information content (AvgIpc) is 3.56. The highest BCUT2D eigenvalue weighted by atomic mass is 35.5. The number of nitrogens with zero attached hydrogens (tertiary/aromatic N) is 2. The van der Waals surface area contributed by atoms with Gasteiger partial charge in [-0.2, -0.15) is 0 Å². The van der Waals surface area contributed by atoms with E-state index in [2.05, 4.69) is 49.0 Å². The number of aromatic nitrogens is 2. The van der Waals surface area contributed by atoms with Crippen molar-refractivity contribution in [2.75, 3.05) is 12.4 Å². The lowest BCUT2D eigenvalue weighted by Crippen LogP contribution is -2.59. The lowest BCUT2D eigenvalue weighted by Gasteiger charge is -2.60. The third kappa shape index (κ3) is 4.56. The molecule has 5 aliphatic rings. The van der Waals surface area contributed by atoms with Crippen LogP contribution in [0.4, 0.5) is 5.82 Å². The molecule has 3 aliphatic carbocycles. The molecule has 216 valence electrons. The molecule has 11 heteroatoms. The summed E-state index contributed by atoms with van der Waals surface area (Å²) in [6.07, 6.45) is 6.40. The van der Waals surface area contributed by atoms with Crippen LogP contribution < -0.4 is 20.9 Å². The summed E-state index contributed by atoms with van der Waals surface area (Å²) in [5, 5.41) is 6.42. The van der Waals surface area contributed by atoms with Crippen molar-refractivity contribution in [2.24, 2.45) is 17.3 Å². The highest BCUT2D eigenvalue weighted by Crippen LogP contribution is 2.64. The molecule has 1 amide bonds. The van der Waals surface area contributed by atoms with Gasteiger partial charge < -0.3 is 24.7 Å². The van der Waals surface area contributed by atoms with Gasteiger partial charge in [-0.05, 0) is 73.6 Å². The highest BCUT2D eigenvalue weighted by molar-refractivity contribution is 6.48. The molecule has 7 rings (SSSR count). The second-order valence-corrected chi connectivity index (χ2v) is 12.6. The fourth-order valence-electron chi connectivity index (χ4n) is 7.04. The minimum atomic E-state index is -0.725. The Bertz CT molecular complexity index is 1470. The molecule has 2 aromatic rings. The van der Waals surface area contributed by atoms with Crippen molar-refractivity contribution in [1.29, 1.82) is 0 Å². The Labute approximate surface area is 245 Å². The van der Waals surface area contributed by atoms with Crippen molar-refractivity contribution in [2.45, 2.75) is 70.6 Å². The summed E-state index contributed by atoms with van der Waals surface area (Å²) >= 11 is 6.50. The van der Waals surface area contributed by atoms with Crippen LogP contribution in [0, 0.1) is 17.3 Å². The second kappa shape index (κ2) is 10.2. The van der Waals surface area contributed by atoms with Crippen LogP contribution in [0.2, 0.25) is 5.15 Å². The van der Waals surface area contributed by atoms with Gasteiger partial charge >= 0.3 is 7.12 Å². The predicted molar refractivity (Wildman–Crippen MR) is 158 cm³/mol. The maximum absolute atomic E-state index is 13.7. The van der Waals surface area contributed by atoms with Gasteiger partial charge in [0.1, 0.15) is 23.2 Å². The first-order chi connectivity index (χ1) is 19.6. The van der Waals surface area contributed by atoms with Gasteiger partial charge in [-0.15, -0.1) is 6.58 Å². The zero-order chi connectivity index (χ0) is 29.1. The van der Waals surface area contributed by atoms with Crippen LogP contribution in [0.5, 0.6) is 5.75 Å². The molecule has 2 fully saturated rings. The Morgan fingerprint density at radius 1 is 1.34 bits per heavy atom. The zero-order valence-electron chi connectivity index (χ0n) is 23.9. The van der Waals surface area contributed by atoms with Gasteiger partial charge in [0.25, 0.3) is 5.56 Å². The Hall–Kier alpha value is -3.24. The molecule has 41 heavy (non-hydrogen) atoms. The number of hydrogen-bond acceptors (Lipinski definition) is 7. The van der Waals surface area contributed by atoms with Gasteiger partial charge in [0.15, 0.2) is 11.0 Å². The average molecular weight is 579 g/mol. The highest BCUT2D eigenvalue weighted by Gasteiger charge is 2.66. The normalized spacial score (nSPS) is 27.5. The molecule has 9 nitrogen and oxygen atoms in total. The summed E-state index contributed by atoms with van der Waals surface area (Å²) in [5.41, 5.74) is 0.751. The number of benzene rings is 1. The molecule has 1 saturated carbocycles. The quantitative estimate of drug-likeness (QED) is 0.335. The molecule has 3 unspecified atom stereocenters. The van der Waals surface area contributed by atoms with E-state index < -0.39 is 24.7 Å². The number of allylic oxidation sites excluding steroid dienone is 1. The molecule has 2 bridgehead atoms. The van der Waals surface area contributed by atoms with Gasteiger partial charge in [-0.3, -0.25) is 14.2 Å². The summed E-state index contributed by atoms with van der Waals surface area (Å²) in [5.74, 6) is 1.78. The van der Waals surface area contributed by atoms with E-state index in [9.17, 15) is 9.59 Å². The SMILES string of the molecule is C=CC[C@H](NC(=O)[C@@H]1CCc2c(Cl)nc(NCc3ccc(OC)cc3)c(=O)n21)B1OC2=CC3CC(C2(C)O1)C3(C)C. The van der Waals surface area contributed by atoms with Crippen LogP contribution >= 0.6 is 11.6 Å². The number of ether oxygens (including phenoxy) is 1. The largest absolute Gasteiger partial charge is 0.550 e. The first kappa shape index (κ1) is 27.9. The van der Waals surface area contributed by atoms with Crippen LogP contribution in [0.3, 0.4) is 0 Å². The molecule has 1 aromatic heterocycles. The topological polar surface area (TPSA) is 104 Å². The number of amides is 1. The van der Waals surface area contributed by atoms with Crippen LogP contribution in [0.1, 0.15) is 57.3 Å². The monoisotopic (exact) mass is 578 g/mol. The fourth-order valence-corrected chi connectivity index (χ4v) is 7.31. The molecule has 0 spiro atoms. The van der Waals surface area contributed by atoms with E-state index in [0.29, 0.717) is 43.3 Å². The van der Waals surface area contributed by atoms with Crippen LogP contribution in [-0.4, -0.2) is 41.2 Å². The first-order valence-electron chi connectivity index (χ1n) is 14.2. The predicted octanol–water partition coefficient (Wildman–Crippen LogP) is 4.46. The van der Waals surface area contributed by atoms with Gasteiger partial charge in [0.05, 0.1) is 18.7 Å². The number of rotatable bonds is 9. The van der Waals surface area contributed by atoms with Crippen LogP contribution in [0.15, 0.2) is 53.6 Å². The number of carbonyl (C=O) groups excluding carboxylic acids is 1. The van der Waals surface area contributed by atoms with E-state index >= 15 is 0 Å². The first-order valence-corrected chi connectivity index (χ1v) is 14.6. The Morgan fingerprint density at radius 3 is 2.78 bits per heavy atom. The van der Waals surface area contributed by atoms with Crippen molar-refractivity contribution in [3.05, 3.63) is 75.5 Å². The van der Waals surface area contributed by atoms with E-state index in [1.807, 2.05) is 24.3 Å². The smallest absolute Gasteiger partial charge is 0.536 e. The van der Waals surface area contributed by atoms with E-state index in [0.717, 1.165) is 23.5 Å². The van der Waals surface area contributed by atoms with Crippen molar-refractivity contribution in [1.82, 2.24) is 14.9 Å². The van der Waals surface area contributed by atoms with Crippen molar-refractivity contribution < 1.29 is 18.8 Å². The van der Waals surface area contributed by atoms with Crippen molar-refractivity contribution in [3.63, 3.8) is 0 Å². The molecule has 2 N–H and O–H groups in total. The molecular formula is C30H36BClN4O5. The number of fused-ring (bicyclic) bond motifs is 1. The summed E-state index contributed by atoms with van der Waals surface area (Å²) in [6.45, 7) is 10.9. The Morgan fingerprint density at radius 2 is 2.10 bits per heavy atom. The summed E-state index contributed by atoms with van der Waals surface area (Å²) < 4.78 is 19.6. The third-order valence-electron chi connectivity index (χ3n) is 9.58. The minimum Gasteiger partial charge on any atom is -0.536 e. The number of halogens is 1. The molecular weight excluding hydrogens is 543 g/mol. The summed E-state index contributed by atoms with van der Waals surface area (Å²) in [4.78, 5) is 31.6. The maximum atomic E-state index is 13.7. The molecule has 1 aromatic carbocycles. The number of nitrogens with one attached hydrogen (secondary N) is 2. The zero-order valence-corrected chi connectivity index (χ0v) is 24.7. The Balaban J connectivity index is 1.19.